The van der Waals surface area contributed by atoms with Crippen LogP contribution in [-0.4, -0.2) is 42.5 Å². The fourth-order valence-electron chi connectivity index (χ4n) is 4.94. The van der Waals surface area contributed by atoms with Crippen molar-refractivity contribution >= 4 is 28.2 Å². The van der Waals surface area contributed by atoms with Crippen LogP contribution in [0.3, 0.4) is 0 Å². The third-order valence-corrected chi connectivity index (χ3v) is 7.35. The number of fused-ring (bicyclic) bond motifs is 1. The second-order valence-corrected chi connectivity index (χ2v) is 9.57. The third kappa shape index (κ3) is 3.36. The number of hydrogen-bond donors (Lipinski definition) is 1. The van der Waals surface area contributed by atoms with Crippen LogP contribution in [0.15, 0.2) is 30.3 Å². The number of halogens is 1. The molecule has 4 rings (SSSR count). The van der Waals surface area contributed by atoms with Crippen molar-refractivity contribution in [3.63, 3.8) is 0 Å². The minimum absolute atomic E-state index is 0.0396. The Morgan fingerprint density at radius 2 is 2.07 bits per heavy atom. The summed E-state index contributed by atoms with van der Waals surface area (Å²) >= 11 is 1.25. The van der Waals surface area contributed by atoms with Gasteiger partial charge in [0.2, 0.25) is 0 Å². The molecule has 7 heteroatoms. The largest absolute Gasteiger partial charge is 0.377 e. The molecule has 2 amide bonds. The monoisotopic (exact) mass is 416 g/mol. The summed E-state index contributed by atoms with van der Waals surface area (Å²) in [6.45, 7) is 6.92. The number of ether oxygens (including phenoxy) is 1. The molecule has 1 aromatic heterocycles. The lowest BCUT2D eigenvalue weighted by Crippen LogP contribution is -2.66. The molecule has 0 bridgehead atoms. The van der Waals surface area contributed by atoms with E-state index in [4.69, 9.17) is 4.74 Å². The van der Waals surface area contributed by atoms with E-state index in [-0.39, 0.29) is 29.0 Å². The molecule has 29 heavy (non-hydrogen) atoms. The zero-order valence-electron chi connectivity index (χ0n) is 17.0. The van der Waals surface area contributed by atoms with Crippen molar-refractivity contribution in [2.75, 3.05) is 19.0 Å². The van der Waals surface area contributed by atoms with Crippen LogP contribution in [0, 0.1) is 24.1 Å². The van der Waals surface area contributed by atoms with Crippen LogP contribution < -0.4 is 5.32 Å². The Kier molecular flexibility index (Phi) is 4.99. The summed E-state index contributed by atoms with van der Waals surface area (Å²) in [6, 6.07) is 7.45. The quantitative estimate of drug-likeness (QED) is 0.807. The first-order chi connectivity index (χ1) is 13.7. The number of amides is 2. The fourth-order valence-corrected chi connectivity index (χ4v) is 5.99. The van der Waals surface area contributed by atoms with E-state index in [1.165, 1.54) is 29.5 Å². The molecular formula is C22H25FN2O3S. The van der Waals surface area contributed by atoms with Crippen LogP contribution >= 0.6 is 11.3 Å². The summed E-state index contributed by atoms with van der Waals surface area (Å²) in [6.07, 6.45) is 1.20. The van der Waals surface area contributed by atoms with E-state index in [2.05, 4.69) is 19.2 Å². The number of nitrogens with zero attached hydrogens (tertiary/aromatic N) is 1. The molecule has 1 N–H and O–H groups in total. The minimum atomic E-state index is -0.463. The lowest BCUT2D eigenvalue weighted by atomic mass is 9.57. The molecule has 1 aliphatic carbocycles. The van der Waals surface area contributed by atoms with Gasteiger partial charge < -0.3 is 15.0 Å². The van der Waals surface area contributed by atoms with Crippen LogP contribution in [-0.2, 0) is 4.74 Å². The number of anilines is 1. The lowest BCUT2D eigenvalue weighted by molar-refractivity contribution is -0.139. The van der Waals surface area contributed by atoms with Gasteiger partial charge in [0.15, 0.2) is 0 Å². The Morgan fingerprint density at radius 3 is 2.79 bits per heavy atom. The SMILES string of the molecule is Cc1cc(NC(=O)c2cccc(F)c2)sc1C(=O)N(C)C1C2CCOC2C1(C)C. The van der Waals surface area contributed by atoms with E-state index in [9.17, 15) is 14.0 Å². The first-order valence-corrected chi connectivity index (χ1v) is 10.6. The van der Waals surface area contributed by atoms with Gasteiger partial charge in [-0.1, -0.05) is 19.9 Å². The van der Waals surface area contributed by atoms with Gasteiger partial charge in [0.1, 0.15) is 5.82 Å². The van der Waals surface area contributed by atoms with Gasteiger partial charge in [-0.3, -0.25) is 9.59 Å². The van der Waals surface area contributed by atoms with Gasteiger partial charge in [0.05, 0.1) is 16.0 Å². The summed E-state index contributed by atoms with van der Waals surface area (Å²) < 4.78 is 19.2. The number of aryl methyl sites for hydroxylation is 1. The first-order valence-electron chi connectivity index (χ1n) is 9.76. The summed E-state index contributed by atoms with van der Waals surface area (Å²) in [5.41, 5.74) is 0.979. The lowest BCUT2D eigenvalue weighted by Gasteiger charge is -2.57. The maximum absolute atomic E-state index is 13.4. The average molecular weight is 417 g/mol. The second kappa shape index (κ2) is 7.22. The fraction of sp³-hybridized carbons (Fsp3) is 0.455. The molecule has 2 aliphatic rings. The minimum Gasteiger partial charge on any atom is -0.377 e. The standard InChI is InChI=1S/C22H25FN2O3S/c1-12-10-16(24-20(26)13-6-5-7-14(23)11-13)29-17(12)21(27)25(4)18-15-8-9-28-19(15)22(18,2)3/h5-7,10-11,15,18-19H,8-9H2,1-4H3,(H,24,26). The van der Waals surface area contributed by atoms with Gasteiger partial charge in [-0.05, 0) is 43.2 Å². The van der Waals surface area contributed by atoms with Gasteiger partial charge in [0.25, 0.3) is 11.8 Å². The van der Waals surface area contributed by atoms with Crippen molar-refractivity contribution in [3.8, 4) is 0 Å². The normalized spacial score (nSPS) is 24.5. The van der Waals surface area contributed by atoms with Crippen LogP contribution in [0.4, 0.5) is 9.39 Å². The maximum atomic E-state index is 13.4. The van der Waals surface area contributed by atoms with Crippen LogP contribution in [0.1, 0.15) is 45.9 Å². The highest BCUT2D eigenvalue weighted by atomic mass is 32.1. The number of thiophene rings is 1. The van der Waals surface area contributed by atoms with Crippen LogP contribution in [0.5, 0.6) is 0 Å². The highest BCUT2D eigenvalue weighted by Crippen LogP contribution is 2.54. The Morgan fingerprint density at radius 1 is 1.31 bits per heavy atom. The number of carbonyl (C=O) groups excluding carboxylic acids is 2. The molecule has 1 saturated carbocycles. The van der Waals surface area contributed by atoms with Crippen molar-refractivity contribution in [1.82, 2.24) is 4.90 Å². The smallest absolute Gasteiger partial charge is 0.264 e. The van der Waals surface area contributed by atoms with Gasteiger partial charge >= 0.3 is 0 Å². The summed E-state index contributed by atoms with van der Waals surface area (Å²) in [5, 5.41) is 3.35. The summed E-state index contributed by atoms with van der Waals surface area (Å²) in [5.74, 6) is -0.521. The zero-order chi connectivity index (χ0) is 20.9. The van der Waals surface area contributed by atoms with E-state index in [1.807, 2.05) is 18.9 Å². The molecule has 1 aliphatic heterocycles. The van der Waals surface area contributed by atoms with Gasteiger partial charge in [-0.2, -0.15) is 0 Å². The topological polar surface area (TPSA) is 58.6 Å². The Labute approximate surface area is 173 Å². The van der Waals surface area contributed by atoms with Crippen LogP contribution in [0.25, 0.3) is 0 Å². The zero-order valence-corrected chi connectivity index (χ0v) is 17.8. The Hall–Kier alpha value is -2.25. The number of hydrogen-bond acceptors (Lipinski definition) is 4. The first kappa shape index (κ1) is 20.0. The van der Waals surface area contributed by atoms with E-state index < -0.39 is 11.7 Å². The molecule has 3 atom stereocenters. The van der Waals surface area contributed by atoms with Crippen LogP contribution in [0.2, 0.25) is 0 Å². The van der Waals surface area contributed by atoms with Crippen molar-refractivity contribution in [2.45, 2.75) is 39.3 Å². The molecule has 1 saturated heterocycles. The second-order valence-electron chi connectivity index (χ2n) is 8.51. The molecule has 154 valence electrons. The third-order valence-electron chi connectivity index (χ3n) is 6.21. The van der Waals surface area contributed by atoms with E-state index in [1.54, 1.807) is 12.1 Å². The van der Waals surface area contributed by atoms with Crippen molar-refractivity contribution in [3.05, 3.63) is 52.2 Å². The molecule has 0 spiro atoms. The number of benzene rings is 1. The maximum Gasteiger partial charge on any atom is 0.264 e. The highest BCUT2D eigenvalue weighted by Gasteiger charge is 2.61. The number of carbonyl (C=O) groups is 2. The van der Waals surface area contributed by atoms with Gasteiger partial charge in [-0.15, -0.1) is 11.3 Å². The number of rotatable bonds is 4. The van der Waals surface area contributed by atoms with Crippen molar-refractivity contribution < 1.29 is 18.7 Å². The highest BCUT2D eigenvalue weighted by molar-refractivity contribution is 7.18. The van der Waals surface area contributed by atoms with E-state index in [0.29, 0.717) is 15.8 Å². The van der Waals surface area contributed by atoms with E-state index >= 15 is 0 Å². The molecule has 2 heterocycles. The summed E-state index contributed by atoms with van der Waals surface area (Å²) in [4.78, 5) is 28.1. The predicted octanol–water partition coefficient (Wildman–Crippen LogP) is 4.33. The Balaban J connectivity index is 1.50. The predicted molar refractivity (Wildman–Crippen MR) is 111 cm³/mol. The number of nitrogens with one attached hydrogen (secondary N) is 1. The molecular weight excluding hydrogens is 391 g/mol. The average Bonchev–Trinajstić information content (AvgIpc) is 3.26. The van der Waals surface area contributed by atoms with Gasteiger partial charge in [-0.25, -0.2) is 4.39 Å². The van der Waals surface area contributed by atoms with Crippen molar-refractivity contribution in [2.24, 2.45) is 11.3 Å². The molecule has 0 radical (unpaired) electrons. The van der Waals surface area contributed by atoms with E-state index in [0.717, 1.165) is 18.6 Å². The molecule has 2 aromatic rings. The molecule has 1 aromatic carbocycles. The molecule has 5 nitrogen and oxygen atoms in total. The van der Waals surface area contributed by atoms with Crippen molar-refractivity contribution in [1.29, 1.82) is 0 Å². The Bertz CT molecular complexity index is 971. The summed E-state index contributed by atoms with van der Waals surface area (Å²) in [7, 11) is 1.85. The molecule has 3 unspecified atom stereocenters. The van der Waals surface area contributed by atoms with Gasteiger partial charge in [0, 0.05) is 36.6 Å². The molecule has 2 fully saturated rings.